The molecule has 0 bridgehead atoms. The average molecular weight is 502 g/mol. The van der Waals surface area contributed by atoms with Crippen LogP contribution in [0.5, 0.6) is 0 Å². The standard InChI is InChI=1S/C4H9O.3HI.Ti/c1-2-3-4-5;;;;/h2-4H2,1H3;3*1H;/q-1;;;;+4/p-3. The maximum atomic E-state index is 5.62. The van der Waals surface area contributed by atoms with Crippen molar-refractivity contribution in [2.24, 2.45) is 0 Å². The van der Waals surface area contributed by atoms with Crippen molar-refractivity contribution in [1.82, 2.24) is 0 Å². The first-order valence-corrected chi connectivity index (χ1v) is 18.5. The topological polar surface area (TPSA) is 9.23 Å². The molecular weight excluding hydrogens is 493 g/mol. The summed E-state index contributed by atoms with van der Waals surface area (Å²) < 4.78 is 5.62. The summed E-state index contributed by atoms with van der Waals surface area (Å²) in [5, 5.41) is 0. The zero-order chi connectivity index (χ0) is 7.33. The van der Waals surface area contributed by atoms with Crippen LogP contribution in [0.4, 0.5) is 0 Å². The summed E-state index contributed by atoms with van der Waals surface area (Å²) in [5.74, 6) is 0. The van der Waals surface area contributed by atoms with Gasteiger partial charge in [0, 0.05) is 0 Å². The van der Waals surface area contributed by atoms with E-state index >= 15 is 0 Å². The SMILES string of the molecule is CCCC[O][Ti]([I])([I])[I]. The van der Waals surface area contributed by atoms with E-state index in [-0.39, 0.29) is 0 Å². The van der Waals surface area contributed by atoms with Gasteiger partial charge in [0.25, 0.3) is 0 Å². The maximum absolute atomic E-state index is 5.62. The second kappa shape index (κ2) is 6.39. The summed E-state index contributed by atoms with van der Waals surface area (Å²) in [5.41, 5.74) is -1.72. The molecule has 0 atom stereocenters. The first-order chi connectivity index (χ1) is 4.06. The Balaban J connectivity index is 3.07. The fourth-order valence-corrected chi connectivity index (χ4v) is 3.64. The van der Waals surface area contributed by atoms with E-state index < -0.39 is 5.73 Å². The number of hydrogen-bond acceptors (Lipinski definition) is 1. The molecule has 0 aliphatic rings. The van der Waals surface area contributed by atoms with Crippen molar-refractivity contribution < 1.29 is 9.05 Å². The van der Waals surface area contributed by atoms with Gasteiger partial charge in [0.15, 0.2) is 0 Å². The van der Waals surface area contributed by atoms with Gasteiger partial charge in [-0.05, 0) is 0 Å². The second-order valence-corrected chi connectivity index (χ2v) is 47.8. The predicted molar refractivity (Wildman–Crippen MR) is 62.9 cm³/mol. The Morgan fingerprint density at radius 2 is 1.89 bits per heavy atom. The summed E-state index contributed by atoms with van der Waals surface area (Å²) in [6.45, 7) is 3.15. The molecule has 0 spiro atoms. The van der Waals surface area contributed by atoms with Crippen molar-refractivity contribution in [2.45, 2.75) is 19.8 Å². The van der Waals surface area contributed by atoms with Crippen LogP contribution in [0.3, 0.4) is 0 Å². The van der Waals surface area contributed by atoms with E-state index in [9.17, 15) is 0 Å². The third-order valence-electron chi connectivity index (χ3n) is 0.764. The Morgan fingerprint density at radius 3 is 2.22 bits per heavy atom. The van der Waals surface area contributed by atoms with Gasteiger partial charge in [-0.2, -0.15) is 0 Å². The third-order valence-corrected chi connectivity index (χ3v) is 5.45. The molecule has 0 amide bonds. The Hall–Kier alpha value is 2.86. The molecule has 5 heteroatoms. The molecule has 0 saturated heterocycles. The number of halogens is 3. The van der Waals surface area contributed by atoms with Gasteiger partial charge in [-0.15, -0.1) is 0 Å². The molecule has 9 heavy (non-hydrogen) atoms. The molecular formula is C4H9I3OTi. The Labute approximate surface area is 90.9 Å². The minimum absolute atomic E-state index is 0.964. The van der Waals surface area contributed by atoms with Gasteiger partial charge < -0.3 is 0 Å². The molecule has 0 aliphatic carbocycles. The van der Waals surface area contributed by atoms with Gasteiger partial charge >= 0.3 is 93.0 Å². The molecule has 0 aromatic rings. The fourth-order valence-electron chi connectivity index (χ4n) is 0.332. The molecule has 0 rings (SSSR count). The van der Waals surface area contributed by atoms with E-state index in [4.69, 9.17) is 3.32 Å². The summed E-state index contributed by atoms with van der Waals surface area (Å²) in [6.07, 6.45) is 2.45. The van der Waals surface area contributed by atoms with Gasteiger partial charge in [-0.3, -0.25) is 0 Å². The molecule has 0 fully saturated rings. The zero-order valence-electron chi connectivity index (χ0n) is 5.16. The average Bonchev–Trinajstić information content (AvgIpc) is 1.63. The van der Waals surface area contributed by atoms with Crippen LogP contribution in [-0.2, 0) is 9.05 Å². The van der Waals surface area contributed by atoms with Crippen LogP contribution in [0.2, 0.25) is 0 Å². The summed E-state index contributed by atoms with van der Waals surface area (Å²) in [4.78, 5) is 0. The molecule has 0 aromatic heterocycles. The number of rotatable bonds is 4. The van der Waals surface area contributed by atoms with E-state index in [0.29, 0.717) is 0 Å². The van der Waals surface area contributed by atoms with Crippen LogP contribution < -0.4 is 0 Å². The van der Waals surface area contributed by atoms with E-state index in [1.807, 2.05) is 0 Å². The van der Waals surface area contributed by atoms with Gasteiger partial charge in [0.05, 0.1) is 0 Å². The van der Waals surface area contributed by atoms with E-state index in [0.717, 1.165) is 6.61 Å². The van der Waals surface area contributed by atoms with Crippen molar-refractivity contribution in [1.29, 1.82) is 0 Å². The van der Waals surface area contributed by atoms with Gasteiger partial charge in [-0.1, -0.05) is 0 Å². The molecule has 0 aliphatic heterocycles. The summed E-state index contributed by atoms with van der Waals surface area (Å²) in [6, 6.07) is 0. The molecule has 0 radical (unpaired) electrons. The summed E-state index contributed by atoms with van der Waals surface area (Å²) in [7, 11) is 0. The van der Waals surface area contributed by atoms with Crippen LogP contribution in [0.15, 0.2) is 0 Å². The van der Waals surface area contributed by atoms with E-state index in [2.05, 4.69) is 64.5 Å². The Kier molecular flexibility index (Phi) is 8.42. The molecule has 0 heterocycles. The molecule has 1 nitrogen and oxygen atoms in total. The van der Waals surface area contributed by atoms with Crippen LogP contribution >= 0.6 is 57.6 Å². The minimum atomic E-state index is -1.72. The van der Waals surface area contributed by atoms with Crippen molar-refractivity contribution in [3.8, 4) is 0 Å². The Morgan fingerprint density at radius 1 is 1.33 bits per heavy atom. The van der Waals surface area contributed by atoms with E-state index in [1.165, 1.54) is 12.8 Å². The van der Waals surface area contributed by atoms with Crippen molar-refractivity contribution in [2.75, 3.05) is 6.61 Å². The normalized spacial score (nSPS) is 12.0. The molecule has 0 saturated carbocycles. The second-order valence-electron chi connectivity index (χ2n) is 1.65. The number of unbranched alkanes of at least 4 members (excludes halogenated alkanes) is 1. The fraction of sp³-hybridized carbons (Fsp3) is 1.00. The quantitative estimate of drug-likeness (QED) is 0.322. The van der Waals surface area contributed by atoms with Crippen LogP contribution in [-0.4, -0.2) is 6.61 Å². The molecule has 0 N–H and O–H groups in total. The van der Waals surface area contributed by atoms with Crippen LogP contribution in [0, 0.1) is 0 Å². The number of hydrogen-bond donors (Lipinski definition) is 0. The zero-order valence-corrected chi connectivity index (χ0v) is 13.2. The third kappa shape index (κ3) is 10.9. The molecule has 56 valence electrons. The van der Waals surface area contributed by atoms with Crippen LogP contribution in [0.1, 0.15) is 19.8 Å². The molecule has 0 aromatic carbocycles. The first-order valence-electron chi connectivity index (χ1n) is 2.77. The summed E-state index contributed by atoms with van der Waals surface area (Å²) >= 11 is 7.36. The van der Waals surface area contributed by atoms with Crippen molar-refractivity contribution in [3.63, 3.8) is 0 Å². The van der Waals surface area contributed by atoms with Gasteiger partial charge in [0.1, 0.15) is 0 Å². The Bertz CT molecular complexity index is 72.7. The van der Waals surface area contributed by atoms with Gasteiger partial charge in [0.2, 0.25) is 0 Å². The van der Waals surface area contributed by atoms with Crippen LogP contribution in [0.25, 0.3) is 0 Å². The van der Waals surface area contributed by atoms with Gasteiger partial charge in [-0.25, -0.2) is 0 Å². The monoisotopic (exact) mass is 502 g/mol. The van der Waals surface area contributed by atoms with Crippen molar-refractivity contribution >= 4 is 57.6 Å². The van der Waals surface area contributed by atoms with Crippen molar-refractivity contribution in [3.05, 3.63) is 0 Å². The first kappa shape index (κ1) is 11.9. The van der Waals surface area contributed by atoms with E-state index in [1.54, 1.807) is 0 Å². The molecule has 0 unspecified atom stereocenters. The predicted octanol–water partition coefficient (Wildman–Crippen LogP) is 3.92.